The van der Waals surface area contributed by atoms with E-state index in [1.807, 2.05) is 39.1 Å². The van der Waals surface area contributed by atoms with E-state index in [0.29, 0.717) is 32.1 Å². The average Bonchev–Trinajstić information content (AvgIpc) is 4.00. The second-order valence-electron chi connectivity index (χ2n) is 15.0. The quantitative estimate of drug-likeness (QED) is 0.203. The maximum atomic E-state index is 13.8. The van der Waals surface area contributed by atoms with Gasteiger partial charge in [-0.1, -0.05) is 54.6 Å². The molecule has 14 nitrogen and oxygen atoms in total. The summed E-state index contributed by atoms with van der Waals surface area (Å²) < 4.78 is 21.8. The highest BCUT2D eigenvalue weighted by Gasteiger charge is 2.37. The number of likely N-dealkylation sites (tertiary alicyclic amines) is 1. The van der Waals surface area contributed by atoms with Gasteiger partial charge in [0.1, 0.15) is 23.3 Å². The molecule has 4 aromatic rings. The van der Waals surface area contributed by atoms with Gasteiger partial charge in [-0.25, -0.2) is 19.6 Å². The number of aromatic nitrogens is 4. The maximum absolute atomic E-state index is 13.8. The first kappa shape index (κ1) is 37.8. The summed E-state index contributed by atoms with van der Waals surface area (Å²) in [5.74, 6) is 1.19. The summed E-state index contributed by atoms with van der Waals surface area (Å²) in [6.45, 7) is 7.79. The number of H-pyrrole nitrogens is 2. The maximum Gasteiger partial charge on any atom is 0.410 e. The van der Waals surface area contributed by atoms with Crippen molar-refractivity contribution in [2.24, 2.45) is 0 Å². The molecule has 2 saturated heterocycles. The number of carbonyl (C=O) groups is 3. The van der Waals surface area contributed by atoms with Crippen LogP contribution in [0.3, 0.4) is 0 Å². The molecule has 3 aliphatic heterocycles. The number of nitrogens with zero attached hydrogens (tertiary/aromatic N) is 4. The van der Waals surface area contributed by atoms with E-state index in [1.54, 1.807) is 9.80 Å². The molecule has 3 atom stereocenters. The zero-order chi connectivity index (χ0) is 38.5. The van der Waals surface area contributed by atoms with Crippen LogP contribution in [0.2, 0.25) is 0 Å². The molecule has 14 heteroatoms. The van der Waals surface area contributed by atoms with E-state index in [9.17, 15) is 14.4 Å². The lowest BCUT2D eigenvalue weighted by atomic mass is 10.0. The zero-order valence-electron chi connectivity index (χ0n) is 31.8. The van der Waals surface area contributed by atoms with Crippen LogP contribution in [0.15, 0.2) is 60.8 Å². The molecule has 0 saturated carbocycles. The van der Waals surface area contributed by atoms with E-state index in [-0.39, 0.29) is 37.3 Å². The Morgan fingerprint density at radius 1 is 0.873 bits per heavy atom. The molecule has 7 rings (SSSR count). The summed E-state index contributed by atoms with van der Waals surface area (Å²) in [5.41, 5.74) is 5.95. The van der Waals surface area contributed by atoms with E-state index in [4.69, 9.17) is 23.9 Å². The second kappa shape index (κ2) is 16.5. The number of nitrogens with one attached hydrogen (secondary N) is 3. The summed E-state index contributed by atoms with van der Waals surface area (Å²) in [7, 11) is 1.26. The van der Waals surface area contributed by atoms with Crippen LogP contribution in [-0.4, -0.2) is 106 Å². The molecule has 0 unspecified atom stereocenters. The van der Waals surface area contributed by atoms with Crippen LogP contribution in [0.25, 0.3) is 39.7 Å². The summed E-state index contributed by atoms with van der Waals surface area (Å²) in [5, 5.41) is 2.63. The van der Waals surface area contributed by atoms with Crippen molar-refractivity contribution in [3.63, 3.8) is 0 Å². The molecule has 3 aliphatic rings. The number of imidazole rings is 2. The smallest absolute Gasteiger partial charge is 0.410 e. The molecule has 3 amide bonds. The summed E-state index contributed by atoms with van der Waals surface area (Å²) >= 11 is 0. The first-order chi connectivity index (χ1) is 26.6. The summed E-state index contributed by atoms with van der Waals surface area (Å²) in [4.78, 5) is 58.9. The van der Waals surface area contributed by atoms with Crippen molar-refractivity contribution in [1.29, 1.82) is 0 Å². The second-order valence-corrected chi connectivity index (χ2v) is 15.0. The molecule has 5 heterocycles. The molecular weight excluding hydrogens is 702 g/mol. The number of fused-ring (bicyclic) bond motifs is 4. The predicted molar refractivity (Wildman–Crippen MR) is 206 cm³/mol. The van der Waals surface area contributed by atoms with E-state index >= 15 is 0 Å². The van der Waals surface area contributed by atoms with Crippen molar-refractivity contribution >= 4 is 24.2 Å². The van der Waals surface area contributed by atoms with Gasteiger partial charge in [-0.15, -0.1) is 0 Å². The third-order valence-corrected chi connectivity index (χ3v) is 10.0. The molecule has 2 aromatic heterocycles. The molecular formula is C41H49N7O7. The fourth-order valence-corrected chi connectivity index (χ4v) is 7.34. The highest BCUT2D eigenvalue weighted by molar-refractivity contribution is 5.86. The highest BCUT2D eigenvalue weighted by atomic mass is 16.6. The summed E-state index contributed by atoms with van der Waals surface area (Å²) in [6, 6.07) is 15.2. The van der Waals surface area contributed by atoms with Gasteiger partial charge < -0.3 is 39.1 Å². The van der Waals surface area contributed by atoms with Crippen LogP contribution in [0.1, 0.15) is 75.9 Å². The number of amides is 3. The monoisotopic (exact) mass is 751 g/mol. The van der Waals surface area contributed by atoms with E-state index in [2.05, 4.69) is 68.8 Å². The number of hydrogen-bond donors (Lipinski definition) is 3. The van der Waals surface area contributed by atoms with Crippen molar-refractivity contribution in [3.05, 3.63) is 78.1 Å². The van der Waals surface area contributed by atoms with Crippen molar-refractivity contribution in [2.45, 2.75) is 70.2 Å². The topological polar surface area (TPSA) is 164 Å². The first-order valence-corrected chi connectivity index (χ1v) is 18.9. The Kier molecular flexibility index (Phi) is 11.3. The van der Waals surface area contributed by atoms with Gasteiger partial charge >= 0.3 is 12.2 Å². The first-order valence-electron chi connectivity index (χ1n) is 18.9. The lowest BCUT2D eigenvalue weighted by Gasteiger charge is -2.28. The minimum Gasteiger partial charge on any atom is -0.453 e. The third kappa shape index (κ3) is 8.76. The van der Waals surface area contributed by atoms with Gasteiger partial charge in [0.15, 0.2) is 0 Å². The lowest BCUT2D eigenvalue weighted by Crippen LogP contribution is -2.51. The van der Waals surface area contributed by atoms with Crippen LogP contribution in [0.5, 0.6) is 0 Å². The number of rotatable bonds is 5. The number of hydrogen-bond acceptors (Lipinski definition) is 9. The Morgan fingerprint density at radius 2 is 1.55 bits per heavy atom. The van der Waals surface area contributed by atoms with Gasteiger partial charge in [-0.2, -0.15) is 0 Å². The molecule has 3 N–H and O–H groups in total. The van der Waals surface area contributed by atoms with Crippen LogP contribution >= 0.6 is 0 Å². The number of methoxy groups -OCH3 is 1. The molecule has 290 valence electrons. The largest absolute Gasteiger partial charge is 0.453 e. The number of carbonyl (C=O) groups excluding carboxylic acids is 3. The minimum absolute atomic E-state index is 0.000832. The highest BCUT2D eigenvalue weighted by Crippen LogP contribution is 2.36. The van der Waals surface area contributed by atoms with Crippen molar-refractivity contribution < 1.29 is 33.3 Å². The van der Waals surface area contributed by atoms with Gasteiger partial charge in [-0.05, 0) is 69.2 Å². The van der Waals surface area contributed by atoms with Crippen molar-refractivity contribution in [2.75, 3.05) is 46.6 Å². The predicted octanol–water partition coefficient (Wildman–Crippen LogP) is 6.65. The van der Waals surface area contributed by atoms with Crippen LogP contribution in [-0.2, 0) is 23.7 Å². The number of aromatic amines is 2. The van der Waals surface area contributed by atoms with Crippen LogP contribution in [0.4, 0.5) is 9.59 Å². The third-order valence-electron chi connectivity index (χ3n) is 10.0. The van der Waals surface area contributed by atoms with Gasteiger partial charge in [0.05, 0.1) is 68.9 Å². The Hall–Kier alpha value is -5.47. The molecule has 2 aromatic carbocycles. The number of alkyl carbamates (subject to hydrolysis) is 1. The Balaban J connectivity index is 1.08. The SMILES string of the molecule is COC(=O)N[C@H]1COCCOC/C=C\c2[nH]c(nc2-c2ccc(-c3ccc(-c4cnc([C@@H]5CCCN5C(=O)OC(C)(C)C)[nH]4)cc3)cc2)[C@@H]2CCCN2C1=O. The van der Waals surface area contributed by atoms with Crippen LogP contribution < -0.4 is 5.32 Å². The fourth-order valence-electron chi connectivity index (χ4n) is 7.34. The molecule has 2 fully saturated rings. The Morgan fingerprint density at radius 3 is 2.27 bits per heavy atom. The zero-order valence-corrected chi connectivity index (χ0v) is 31.8. The van der Waals surface area contributed by atoms with E-state index < -0.39 is 17.7 Å². The van der Waals surface area contributed by atoms with Crippen molar-refractivity contribution in [3.8, 4) is 33.6 Å². The van der Waals surface area contributed by atoms with Gasteiger partial charge in [0.25, 0.3) is 0 Å². The average molecular weight is 752 g/mol. The molecule has 0 spiro atoms. The standard InChI is InChI=1S/C41H49N7O7/c1-41(2,3)55-40(51)48-20-6-9-33(48)36-42-24-31(44-36)28-15-11-26(12-16-28)27-13-17-29(18-14-27)35-30-8-7-21-53-22-23-54-25-32(45-39(50)52-4)38(49)47-19-5-10-34(47)37(43-30)46-35/h7-8,11-18,24,32-34H,5-6,9-10,19-23,25H2,1-4H3,(H,42,44)(H,43,46)(H,45,50)/b8-7-/t32-,33-,34-/m0/s1. The van der Waals surface area contributed by atoms with Gasteiger partial charge in [0, 0.05) is 18.7 Å². The van der Waals surface area contributed by atoms with Crippen molar-refractivity contribution in [1.82, 2.24) is 35.1 Å². The molecule has 2 bridgehead atoms. The van der Waals surface area contributed by atoms with Gasteiger partial charge in [0.2, 0.25) is 5.91 Å². The van der Waals surface area contributed by atoms with E-state index in [0.717, 1.165) is 70.8 Å². The van der Waals surface area contributed by atoms with E-state index in [1.165, 1.54) is 7.11 Å². The number of benzene rings is 2. The normalized spacial score (nSPS) is 21.4. The fraction of sp³-hybridized carbons (Fsp3) is 0.439. The summed E-state index contributed by atoms with van der Waals surface area (Å²) in [6.07, 6.45) is 7.98. The molecule has 55 heavy (non-hydrogen) atoms. The Bertz CT molecular complexity index is 2000. The Labute approximate surface area is 320 Å². The molecule has 0 radical (unpaired) electrons. The number of ether oxygens (including phenoxy) is 4. The minimum atomic E-state index is -0.905. The van der Waals surface area contributed by atoms with Gasteiger partial charge in [-0.3, -0.25) is 9.69 Å². The lowest BCUT2D eigenvalue weighted by molar-refractivity contribution is -0.136. The molecule has 0 aliphatic carbocycles. The van der Waals surface area contributed by atoms with Crippen LogP contribution in [0, 0.1) is 0 Å².